The van der Waals surface area contributed by atoms with E-state index in [0.29, 0.717) is 0 Å². The van der Waals surface area contributed by atoms with Crippen LogP contribution in [-0.2, 0) is 12.8 Å². The average molecular weight is 214 g/mol. The van der Waals surface area contributed by atoms with Crippen molar-refractivity contribution in [1.29, 1.82) is 0 Å². The van der Waals surface area contributed by atoms with Gasteiger partial charge in [0, 0.05) is 24.8 Å². The monoisotopic (exact) mass is 214 g/mol. The highest BCUT2D eigenvalue weighted by Gasteiger charge is 1.98. The zero-order valence-electron chi connectivity index (χ0n) is 9.51. The molecule has 0 spiro atoms. The van der Waals surface area contributed by atoms with Gasteiger partial charge in [-0.25, -0.2) is 9.97 Å². The maximum atomic E-state index is 4.31. The van der Waals surface area contributed by atoms with Gasteiger partial charge in [-0.15, -0.1) is 0 Å². The molecule has 0 N–H and O–H groups in total. The Morgan fingerprint density at radius 3 is 2.19 bits per heavy atom. The molecule has 0 fully saturated rings. The molecule has 82 valence electrons. The van der Waals surface area contributed by atoms with Crippen molar-refractivity contribution < 1.29 is 0 Å². The van der Waals surface area contributed by atoms with E-state index < -0.39 is 0 Å². The highest BCUT2D eigenvalue weighted by molar-refractivity contribution is 5.08. The van der Waals surface area contributed by atoms with Crippen LogP contribution in [0.25, 0.3) is 0 Å². The highest BCUT2D eigenvalue weighted by Crippen LogP contribution is 2.03. The van der Waals surface area contributed by atoms with Crippen molar-refractivity contribution in [3.05, 3.63) is 47.6 Å². The van der Waals surface area contributed by atoms with Gasteiger partial charge in [-0.3, -0.25) is 9.97 Å². The van der Waals surface area contributed by atoms with Gasteiger partial charge in [-0.1, -0.05) is 0 Å². The Balaban J connectivity index is 1.97. The molecule has 2 aromatic rings. The second-order valence-electron chi connectivity index (χ2n) is 3.79. The van der Waals surface area contributed by atoms with Gasteiger partial charge in [0.15, 0.2) is 0 Å². The molecule has 4 nitrogen and oxygen atoms in total. The van der Waals surface area contributed by atoms with Crippen LogP contribution in [-0.4, -0.2) is 19.9 Å². The zero-order valence-corrected chi connectivity index (χ0v) is 9.51. The van der Waals surface area contributed by atoms with Gasteiger partial charge in [0.1, 0.15) is 5.82 Å². The summed E-state index contributed by atoms with van der Waals surface area (Å²) in [5.74, 6) is 0.805. The first-order valence-corrected chi connectivity index (χ1v) is 5.29. The molecule has 0 unspecified atom stereocenters. The van der Waals surface area contributed by atoms with Gasteiger partial charge in [0.25, 0.3) is 0 Å². The Labute approximate surface area is 94.8 Å². The fourth-order valence-corrected chi connectivity index (χ4v) is 1.37. The predicted octanol–water partition coefficient (Wildman–Crippen LogP) is 1.67. The molecule has 2 rings (SSSR count). The Kier molecular flexibility index (Phi) is 3.19. The van der Waals surface area contributed by atoms with Crippen LogP contribution in [0.3, 0.4) is 0 Å². The van der Waals surface area contributed by atoms with E-state index in [1.54, 1.807) is 6.20 Å². The maximum Gasteiger partial charge on any atom is 0.125 e. The first-order valence-electron chi connectivity index (χ1n) is 5.29. The zero-order chi connectivity index (χ0) is 11.4. The third-order valence-corrected chi connectivity index (χ3v) is 2.34. The van der Waals surface area contributed by atoms with Crippen LogP contribution in [0.5, 0.6) is 0 Å². The standard InChI is InChI=1S/C12H14N4/c1-9-5-16-12(8-13-9)4-3-11-6-14-10(2)15-7-11/h5-8H,3-4H2,1-2H3. The minimum Gasteiger partial charge on any atom is -0.258 e. The number of nitrogens with zero attached hydrogens (tertiary/aromatic N) is 4. The summed E-state index contributed by atoms with van der Waals surface area (Å²) in [6.45, 7) is 3.82. The molecule has 0 saturated heterocycles. The Bertz CT molecular complexity index is 402. The van der Waals surface area contributed by atoms with Gasteiger partial charge in [0.2, 0.25) is 0 Å². The van der Waals surface area contributed by atoms with Gasteiger partial charge in [0.05, 0.1) is 11.4 Å². The summed E-state index contributed by atoms with van der Waals surface area (Å²) in [7, 11) is 0. The van der Waals surface area contributed by atoms with E-state index in [4.69, 9.17) is 0 Å². The summed E-state index contributed by atoms with van der Waals surface area (Å²) in [4.78, 5) is 16.8. The lowest BCUT2D eigenvalue weighted by Crippen LogP contribution is -1.98. The van der Waals surface area contributed by atoms with Crippen molar-refractivity contribution in [2.75, 3.05) is 0 Å². The second kappa shape index (κ2) is 4.79. The van der Waals surface area contributed by atoms with Gasteiger partial charge >= 0.3 is 0 Å². The number of hydrogen-bond acceptors (Lipinski definition) is 4. The SMILES string of the molecule is Cc1cnc(CCc2cnc(C)nc2)cn1. The van der Waals surface area contributed by atoms with Crippen LogP contribution >= 0.6 is 0 Å². The van der Waals surface area contributed by atoms with Crippen LogP contribution in [0.1, 0.15) is 22.8 Å². The summed E-state index contributed by atoms with van der Waals surface area (Å²) in [5.41, 5.74) is 3.08. The van der Waals surface area contributed by atoms with Crippen molar-refractivity contribution in [1.82, 2.24) is 19.9 Å². The number of aryl methyl sites for hydroxylation is 4. The minimum atomic E-state index is 0.805. The summed E-state index contributed by atoms with van der Waals surface area (Å²) in [6.07, 6.45) is 9.12. The van der Waals surface area contributed by atoms with Gasteiger partial charge < -0.3 is 0 Å². The first-order chi connectivity index (χ1) is 7.74. The molecule has 2 heterocycles. The normalized spacial score (nSPS) is 10.4. The largest absolute Gasteiger partial charge is 0.258 e. The quantitative estimate of drug-likeness (QED) is 0.779. The van der Waals surface area contributed by atoms with E-state index in [9.17, 15) is 0 Å². The molecule has 0 amide bonds. The molecule has 0 aliphatic heterocycles. The van der Waals surface area contributed by atoms with E-state index in [0.717, 1.165) is 35.6 Å². The Hall–Kier alpha value is -1.84. The third kappa shape index (κ3) is 2.82. The van der Waals surface area contributed by atoms with Crippen molar-refractivity contribution >= 4 is 0 Å². The Morgan fingerprint density at radius 2 is 1.56 bits per heavy atom. The summed E-state index contributed by atoms with van der Waals surface area (Å²) >= 11 is 0. The number of aromatic nitrogens is 4. The first kappa shape index (κ1) is 10.7. The van der Waals surface area contributed by atoms with E-state index >= 15 is 0 Å². The van der Waals surface area contributed by atoms with E-state index in [2.05, 4.69) is 19.9 Å². The van der Waals surface area contributed by atoms with Crippen LogP contribution < -0.4 is 0 Å². The molecular formula is C12H14N4. The fraction of sp³-hybridized carbons (Fsp3) is 0.333. The summed E-state index contributed by atoms with van der Waals surface area (Å²) in [6, 6.07) is 0. The highest BCUT2D eigenvalue weighted by atomic mass is 14.8. The van der Waals surface area contributed by atoms with Crippen LogP contribution in [0.4, 0.5) is 0 Å². The maximum absolute atomic E-state index is 4.31. The fourth-order valence-electron chi connectivity index (χ4n) is 1.37. The minimum absolute atomic E-state index is 0.805. The van der Waals surface area contributed by atoms with Crippen LogP contribution in [0.2, 0.25) is 0 Å². The molecule has 0 aliphatic carbocycles. The van der Waals surface area contributed by atoms with Crippen LogP contribution in [0, 0.1) is 13.8 Å². The summed E-state index contributed by atoms with van der Waals surface area (Å²) < 4.78 is 0. The van der Waals surface area contributed by atoms with Crippen molar-refractivity contribution in [3.8, 4) is 0 Å². The molecule has 2 aromatic heterocycles. The molecule has 0 radical (unpaired) electrons. The Morgan fingerprint density at radius 1 is 0.812 bits per heavy atom. The molecule has 0 atom stereocenters. The summed E-state index contributed by atoms with van der Waals surface area (Å²) in [5, 5.41) is 0. The lowest BCUT2D eigenvalue weighted by molar-refractivity contribution is 0.871. The molecule has 16 heavy (non-hydrogen) atoms. The van der Waals surface area contributed by atoms with Crippen molar-refractivity contribution in [2.24, 2.45) is 0 Å². The average Bonchev–Trinajstić information content (AvgIpc) is 2.30. The van der Waals surface area contributed by atoms with Gasteiger partial charge in [-0.05, 0) is 32.3 Å². The molecule has 0 bridgehead atoms. The van der Waals surface area contributed by atoms with E-state index in [-0.39, 0.29) is 0 Å². The molecule has 0 aromatic carbocycles. The lowest BCUT2D eigenvalue weighted by atomic mass is 10.1. The number of hydrogen-bond donors (Lipinski definition) is 0. The van der Waals surface area contributed by atoms with Crippen LogP contribution in [0.15, 0.2) is 24.8 Å². The molecule has 4 heteroatoms. The number of rotatable bonds is 3. The van der Waals surface area contributed by atoms with E-state index in [1.807, 2.05) is 32.4 Å². The topological polar surface area (TPSA) is 51.6 Å². The smallest absolute Gasteiger partial charge is 0.125 e. The van der Waals surface area contributed by atoms with E-state index in [1.165, 1.54) is 0 Å². The molecule has 0 saturated carbocycles. The van der Waals surface area contributed by atoms with Crippen molar-refractivity contribution in [3.63, 3.8) is 0 Å². The van der Waals surface area contributed by atoms with Gasteiger partial charge in [-0.2, -0.15) is 0 Å². The molecular weight excluding hydrogens is 200 g/mol. The predicted molar refractivity (Wildman–Crippen MR) is 60.9 cm³/mol. The lowest BCUT2D eigenvalue weighted by Gasteiger charge is -2.01. The molecule has 0 aliphatic rings. The van der Waals surface area contributed by atoms with Crippen molar-refractivity contribution in [2.45, 2.75) is 26.7 Å². The third-order valence-electron chi connectivity index (χ3n) is 2.34. The second-order valence-corrected chi connectivity index (χ2v) is 3.79.